The van der Waals surface area contributed by atoms with Crippen LogP contribution in [-0.4, -0.2) is 57.3 Å². The van der Waals surface area contributed by atoms with Gasteiger partial charge in [0.1, 0.15) is 11.6 Å². The van der Waals surface area contributed by atoms with Gasteiger partial charge in [0.15, 0.2) is 0 Å². The van der Waals surface area contributed by atoms with Crippen molar-refractivity contribution in [3.63, 3.8) is 0 Å². The molecule has 7 heteroatoms. The van der Waals surface area contributed by atoms with Gasteiger partial charge >= 0.3 is 0 Å². The molecule has 2 N–H and O–H groups in total. The molecule has 2 aromatic heterocycles. The molecule has 1 aliphatic heterocycles. The molecule has 3 heterocycles. The van der Waals surface area contributed by atoms with E-state index < -0.39 is 0 Å². The maximum atomic E-state index is 5.42. The number of morpholine rings is 1. The second-order valence-corrected chi connectivity index (χ2v) is 7.52. The molecule has 30 heavy (non-hydrogen) atoms. The lowest BCUT2D eigenvalue weighted by Crippen LogP contribution is -2.37. The number of para-hydroxylation sites is 1. The number of anilines is 1. The van der Waals surface area contributed by atoms with Crippen LogP contribution in [0, 0.1) is 0 Å². The minimum absolute atomic E-state index is 0.644. The highest BCUT2D eigenvalue weighted by Crippen LogP contribution is 2.19. The Morgan fingerprint density at radius 2 is 1.93 bits per heavy atom. The second-order valence-electron chi connectivity index (χ2n) is 7.52. The van der Waals surface area contributed by atoms with E-state index in [9.17, 15) is 0 Å². The van der Waals surface area contributed by atoms with Crippen LogP contribution in [0.4, 0.5) is 5.69 Å². The third-order valence-electron chi connectivity index (χ3n) is 5.50. The summed E-state index contributed by atoms with van der Waals surface area (Å²) in [6, 6.07) is 16.5. The van der Waals surface area contributed by atoms with Gasteiger partial charge in [-0.1, -0.05) is 18.2 Å². The maximum Gasteiger partial charge on any atom is 0.132 e. The maximum absolute atomic E-state index is 5.42. The number of aromatic amines is 1. The van der Waals surface area contributed by atoms with Crippen LogP contribution in [0.2, 0.25) is 0 Å². The number of nitrogens with zero attached hydrogens (tertiary/aromatic N) is 4. The van der Waals surface area contributed by atoms with Gasteiger partial charge in [-0.15, -0.1) is 0 Å². The number of rotatable bonds is 7. The van der Waals surface area contributed by atoms with Crippen LogP contribution in [0.1, 0.15) is 11.6 Å². The van der Waals surface area contributed by atoms with Gasteiger partial charge in [-0.05, 0) is 30.3 Å². The molecule has 4 aromatic rings. The highest BCUT2D eigenvalue weighted by atomic mass is 16.5. The van der Waals surface area contributed by atoms with Gasteiger partial charge in [-0.3, -0.25) is 4.90 Å². The molecule has 1 saturated heterocycles. The molecule has 0 amide bonds. The first-order valence-electron chi connectivity index (χ1n) is 10.5. The number of ether oxygens (including phenoxy) is 1. The quantitative estimate of drug-likeness (QED) is 0.497. The number of H-pyrrole nitrogens is 1. The van der Waals surface area contributed by atoms with E-state index in [1.54, 1.807) is 0 Å². The first-order chi connectivity index (χ1) is 14.8. The van der Waals surface area contributed by atoms with Crippen molar-refractivity contribution in [3.05, 3.63) is 72.6 Å². The van der Waals surface area contributed by atoms with E-state index in [0.717, 1.165) is 73.3 Å². The van der Waals surface area contributed by atoms with Gasteiger partial charge in [0, 0.05) is 49.8 Å². The summed E-state index contributed by atoms with van der Waals surface area (Å²) in [6.07, 6.45) is 4.75. The highest BCUT2D eigenvalue weighted by Gasteiger charge is 2.12. The molecule has 0 aliphatic carbocycles. The zero-order valence-corrected chi connectivity index (χ0v) is 16.9. The number of fused-ring (bicyclic) bond motifs is 1. The van der Waals surface area contributed by atoms with Crippen LogP contribution in [0.3, 0.4) is 0 Å². The third kappa shape index (κ3) is 4.22. The van der Waals surface area contributed by atoms with E-state index in [1.807, 2.05) is 30.6 Å². The molecule has 1 fully saturated rings. The molecule has 0 unspecified atom stereocenters. The van der Waals surface area contributed by atoms with Crippen LogP contribution in [0.25, 0.3) is 16.7 Å². The fourth-order valence-corrected chi connectivity index (χ4v) is 3.85. The van der Waals surface area contributed by atoms with Crippen molar-refractivity contribution in [1.82, 2.24) is 24.4 Å². The average molecular weight is 403 g/mol. The number of hydrogen-bond acceptors (Lipinski definition) is 5. The number of imidazole rings is 2. The van der Waals surface area contributed by atoms with Gasteiger partial charge in [0.05, 0.1) is 30.8 Å². The molecular formula is C23H26N6O. The van der Waals surface area contributed by atoms with Crippen LogP contribution in [0.5, 0.6) is 0 Å². The highest BCUT2D eigenvalue weighted by molar-refractivity contribution is 5.79. The summed E-state index contributed by atoms with van der Waals surface area (Å²) in [7, 11) is 0. The van der Waals surface area contributed by atoms with Crippen molar-refractivity contribution < 1.29 is 4.74 Å². The Labute approximate surface area is 175 Å². The first kappa shape index (κ1) is 18.8. The zero-order chi connectivity index (χ0) is 20.2. The van der Waals surface area contributed by atoms with Gasteiger partial charge in [0.25, 0.3) is 0 Å². The Hall–Kier alpha value is -3.16. The van der Waals surface area contributed by atoms with Gasteiger partial charge in [-0.25, -0.2) is 9.97 Å². The molecule has 1 aliphatic rings. The summed E-state index contributed by atoms with van der Waals surface area (Å²) in [5, 5.41) is 3.49. The molecular weight excluding hydrogens is 376 g/mol. The number of aromatic nitrogens is 4. The molecule has 2 aromatic carbocycles. The smallest absolute Gasteiger partial charge is 0.132 e. The fraction of sp³-hybridized carbons (Fsp3) is 0.304. The van der Waals surface area contributed by atoms with Gasteiger partial charge in [-0.2, -0.15) is 0 Å². The third-order valence-corrected chi connectivity index (χ3v) is 5.50. The Morgan fingerprint density at radius 3 is 2.80 bits per heavy atom. The fourth-order valence-electron chi connectivity index (χ4n) is 3.85. The Bertz CT molecular complexity index is 1100. The number of nitrogens with one attached hydrogen (secondary N) is 2. The molecule has 7 nitrogen and oxygen atoms in total. The predicted octanol–water partition coefficient (Wildman–Crippen LogP) is 3.24. The Balaban J connectivity index is 1.24. The van der Waals surface area contributed by atoms with Crippen LogP contribution in [0.15, 0.2) is 60.9 Å². The van der Waals surface area contributed by atoms with Gasteiger partial charge in [0.2, 0.25) is 0 Å². The van der Waals surface area contributed by atoms with Crippen LogP contribution in [-0.2, 0) is 17.7 Å². The largest absolute Gasteiger partial charge is 0.379 e. The first-order valence-corrected chi connectivity index (χ1v) is 10.5. The lowest BCUT2D eigenvalue weighted by molar-refractivity contribution is 0.0382. The van der Waals surface area contributed by atoms with Crippen molar-refractivity contribution in [2.45, 2.75) is 13.0 Å². The second kappa shape index (κ2) is 8.69. The standard InChI is InChI=1S/C23H26N6O/c1-2-4-19(5-3-1)29-11-9-24-23(29)17-25-18-6-7-20-21(16-18)27-22(26-20)8-10-28-12-14-30-15-13-28/h1-7,9,11,16,25H,8,10,12-15,17H2,(H,26,27). The summed E-state index contributed by atoms with van der Waals surface area (Å²) in [6.45, 7) is 5.33. The van der Waals surface area contributed by atoms with E-state index in [0.29, 0.717) is 6.54 Å². The molecule has 154 valence electrons. The van der Waals surface area contributed by atoms with Crippen molar-refractivity contribution in [2.24, 2.45) is 0 Å². The van der Waals surface area contributed by atoms with Crippen LogP contribution >= 0.6 is 0 Å². The molecule has 0 spiro atoms. The van der Waals surface area contributed by atoms with Crippen molar-refractivity contribution in [3.8, 4) is 5.69 Å². The lowest BCUT2D eigenvalue weighted by Gasteiger charge is -2.25. The van der Waals surface area contributed by atoms with Crippen molar-refractivity contribution >= 4 is 16.7 Å². The monoisotopic (exact) mass is 402 g/mol. The Morgan fingerprint density at radius 1 is 1.07 bits per heavy atom. The van der Waals surface area contributed by atoms with Gasteiger partial charge < -0.3 is 19.6 Å². The van der Waals surface area contributed by atoms with E-state index in [4.69, 9.17) is 9.72 Å². The van der Waals surface area contributed by atoms with E-state index >= 15 is 0 Å². The summed E-state index contributed by atoms with van der Waals surface area (Å²) >= 11 is 0. The predicted molar refractivity (Wildman–Crippen MR) is 118 cm³/mol. The molecule has 0 saturated carbocycles. The van der Waals surface area contributed by atoms with Crippen molar-refractivity contribution in [2.75, 3.05) is 38.2 Å². The number of benzene rings is 2. The minimum Gasteiger partial charge on any atom is -0.379 e. The average Bonchev–Trinajstić information content (AvgIpc) is 3.44. The van der Waals surface area contributed by atoms with E-state index in [-0.39, 0.29) is 0 Å². The topological polar surface area (TPSA) is 71.0 Å². The number of hydrogen-bond donors (Lipinski definition) is 2. The SMILES string of the molecule is c1ccc(-n2ccnc2CNc2ccc3nc(CCN4CCOCC4)[nH]c3c2)cc1. The van der Waals surface area contributed by atoms with E-state index in [1.165, 1.54) is 0 Å². The summed E-state index contributed by atoms with van der Waals surface area (Å²) in [5.74, 6) is 2.00. The molecule has 0 bridgehead atoms. The molecule has 0 radical (unpaired) electrons. The Kier molecular flexibility index (Phi) is 5.46. The molecule has 0 atom stereocenters. The summed E-state index contributed by atoms with van der Waals surface area (Å²) < 4.78 is 7.52. The minimum atomic E-state index is 0.644. The normalized spacial score (nSPS) is 14.9. The summed E-state index contributed by atoms with van der Waals surface area (Å²) in [5.41, 5.74) is 4.22. The lowest BCUT2D eigenvalue weighted by atomic mass is 10.2. The zero-order valence-electron chi connectivity index (χ0n) is 16.9. The van der Waals surface area contributed by atoms with Crippen LogP contribution < -0.4 is 5.32 Å². The van der Waals surface area contributed by atoms with Crippen molar-refractivity contribution in [1.29, 1.82) is 0 Å². The summed E-state index contributed by atoms with van der Waals surface area (Å²) in [4.78, 5) is 15.2. The van der Waals surface area contributed by atoms with E-state index in [2.05, 4.69) is 55.1 Å². The molecule has 5 rings (SSSR count).